The van der Waals surface area contributed by atoms with Crippen molar-refractivity contribution >= 4 is 35.8 Å². The monoisotopic (exact) mass is 264 g/mol. The molecule has 18 heavy (non-hydrogen) atoms. The number of nitrogens with zero attached hydrogens (tertiary/aromatic N) is 1. The van der Waals surface area contributed by atoms with Crippen LogP contribution in [0.3, 0.4) is 0 Å². The summed E-state index contributed by atoms with van der Waals surface area (Å²) in [6, 6.07) is 7.30. The molecule has 1 aromatic rings. The quantitative estimate of drug-likeness (QED) is 0.821. The first-order valence-electron chi connectivity index (χ1n) is 5.98. The van der Waals surface area contributed by atoms with E-state index in [1.165, 1.54) is 0 Å². The molecule has 0 aromatic heterocycles. The molecule has 1 aliphatic heterocycles. The smallest absolute Gasteiger partial charge is 0.228 e. The average molecular weight is 264 g/mol. The summed E-state index contributed by atoms with van der Waals surface area (Å²) in [6.07, 6.45) is 0.936. The molecule has 0 bridgehead atoms. The number of rotatable bonds is 3. The molecular formula is C13H16N2O2S. The van der Waals surface area contributed by atoms with E-state index in [0.29, 0.717) is 19.4 Å². The van der Waals surface area contributed by atoms with Crippen LogP contribution in [0, 0.1) is 0 Å². The number of hydrogen-bond acceptors (Lipinski definition) is 3. The molecule has 1 aliphatic rings. The molecule has 0 aliphatic carbocycles. The number of hydrogen-bond donors (Lipinski definition) is 2. The van der Waals surface area contributed by atoms with Gasteiger partial charge in [-0.15, -0.1) is 0 Å². The first-order valence-corrected chi connectivity index (χ1v) is 6.50. The van der Waals surface area contributed by atoms with E-state index in [2.05, 4.69) is 17.9 Å². The summed E-state index contributed by atoms with van der Waals surface area (Å²) in [7, 11) is 0. The van der Waals surface area contributed by atoms with Crippen LogP contribution in [0.2, 0.25) is 0 Å². The zero-order valence-electron chi connectivity index (χ0n) is 10.2. The molecule has 1 aromatic carbocycles. The predicted octanol–water partition coefficient (Wildman–Crippen LogP) is 2.07. The van der Waals surface area contributed by atoms with E-state index in [0.717, 1.165) is 11.4 Å². The second-order valence-electron chi connectivity index (χ2n) is 4.31. The van der Waals surface area contributed by atoms with Crippen LogP contribution < -0.4 is 10.2 Å². The Balaban J connectivity index is 2.08. The Bertz CT molecular complexity index is 459. The van der Waals surface area contributed by atoms with Crippen LogP contribution in [-0.2, 0) is 9.59 Å². The van der Waals surface area contributed by atoms with Crippen LogP contribution in [0.25, 0.3) is 0 Å². The zero-order valence-corrected chi connectivity index (χ0v) is 11.1. The molecule has 1 unspecified atom stereocenters. The predicted molar refractivity (Wildman–Crippen MR) is 75.1 cm³/mol. The summed E-state index contributed by atoms with van der Waals surface area (Å²) < 4.78 is 0. The maximum atomic E-state index is 11.7. The number of benzene rings is 1. The highest BCUT2D eigenvalue weighted by molar-refractivity contribution is 7.81. The number of carbonyl (C=O) groups excluding carboxylic acids is 2. The van der Waals surface area contributed by atoms with Gasteiger partial charge in [0.2, 0.25) is 11.8 Å². The summed E-state index contributed by atoms with van der Waals surface area (Å²) in [5.74, 6) is 0.0794. The van der Waals surface area contributed by atoms with Gasteiger partial charge in [-0.3, -0.25) is 9.59 Å². The molecule has 0 spiro atoms. The van der Waals surface area contributed by atoms with Gasteiger partial charge in [0.1, 0.15) is 0 Å². The Morgan fingerprint density at radius 1 is 1.44 bits per heavy atom. The van der Waals surface area contributed by atoms with Gasteiger partial charge in [0.15, 0.2) is 0 Å². The number of anilines is 2. The molecule has 96 valence electrons. The van der Waals surface area contributed by atoms with Crippen molar-refractivity contribution < 1.29 is 9.59 Å². The molecule has 1 N–H and O–H groups in total. The maximum absolute atomic E-state index is 11.7. The van der Waals surface area contributed by atoms with Crippen LogP contribution >= 0.6 is 12.6 Å². The van der Waals surface area contributed by atoms with E-state index in [4.69, 9.17) is 0 Å². The van der Waals surface area contributed by atoms with Crippen molar-refractivity contribution in [2.45, 2.75) is 25.0 Å². The highest BCUT2D eigenvalue weighted by Crippen LogP contribution is 2.25. The van der Waals surface area contributed by atoms with Gasteiger partial charge in [-0.05, 0) is 24.3 Å². The number of carbonyl (C=O) groups is 2. The molecule has 2 amide bonds. The van der Waals surface area contributed by atoms with Crippen molar-refractivity contribution in [1.82, 2.24) is 0 Å². The molecule has 1 heterocycles. The van der Waals surface area contributed by atoms with Crippen molar-refractivity contribution in [3.05, 3.63) is 24.3 Å². The SMILES string of the molecule is CCC(=O)Nc1ccc(N2CC(S)CC2=O)cc1. The second kappa shape index (κ2) is 5.44. The third-order valence-corrected chi connectivity index (χ3v) is 3.23. The van der Waals surface area contributed by atoms with Crippen molar-refractivity contribution in [2.24, 2.45) is 0 Å². The number of nitrogens with one attached hydrogen (secondary N) is 1. The maximum Gasteiger partial charge on any atom is 0.228 e. The summed E-state index contributed by atoms with van der Waals surface area (Å²) in [5, 5.41) is 2.88. The lowest BCUT2D eigenvalue weighted by Crippen LogP contribution is -2.24. The Morgan fingerprint density at radius 3 is 2.61 bits per heavy atom. The minimum Gasteiger partial charge on any atom is -0.326 e. The van der Waals surface area contributed by atoms with Gasteiger partial charge in [0.05, 0.1) is 0 Å². The molecule has 2 rings (SSSR count). The van der Waals surface area contributed by atoms with Crippen LogP contribution in [0.15, 0.2) is 24.3 Å². The van der Waals surface area contributed by atoms with Gasteiger partial charge < -0.3 is 10.2 Å². The van der Waals surface area contributed by atoms with Gasteiger partial charge >= 0.3 is 0 Å². The fourth-order valence-corrected chi connectivity index (χ4v) is 2.23. The topological polar surface area (TPSA) is 49.4 Å². The van der Waals surface area contributed by atoms with Crippen molar-refractivity contribution in [1.29, 1.82) is 0 Å². The first kappa shape index (κ1) is 13.0. The minimum atomic E-state index is -0.0181. The van der Waals surface area contributed by atoms with Crippen LogP contribution in [0.4, 0.5) is 11.4 Å². The fourth-order valence-electron chi connectivity index (χ4n) is 1.91. The molecule has 4 nitrogen and oxygen atoms in total. The van der Waals surface area contributed by atoms with Gasteiger partial charge in [-0.2, -0.15) is 12.6 Å². The molecule has 0 saturated carbocycles. The first-order chi connectivity index (χ1) is 8.60. The van der Waals surface area contributed by atoms with Crippen molar-refractivity contribution in [3.63, 3.8) is 0 Å². The lowest BCUT2D eigenvalue weighted by Gasteiger charge is -2.16. The van der Waals surface area contributed by atoms with E-state index in [1.54, 1.807) is 11.8 Å². The molecule has 1 fully saturated rings. The van der Waals surface area contributed by atoms with E-state index in [1.807, 2.05) is 24.3 Å². The lowest BCUT2D eigenvalue weighted by atomic mass is 10.2. The van der Waals surface area contributed by atoms with E-state index >= 15 is 0 Å². The zero-order chi connectivity index (χ0) is 13.1. The second-order valence-corrected chi connectivity index (χ2v) is 5.04. The minimum absolute atomic E-state index is 0.0181. The standard InChI is InChI=1S/C13H16N2O2S/c1-2-12(16)14-9-3-5-10(6-4-9)15-8-11(18)7-13(15)17/h3-6,11,18H,2,7-8H2,1H3,(H,14,16). The van der Waals surface area contributed by atoms with Gasteiger partial charge in [-0.25, -0.2) is 0 Å². The largest absolute Gasteiger partial charge is 0.326 e. The summed E-state index contributed by atoms with van der Waals surface area (Å²) in [5.41, 5.74) is 1.60. The van der Waals surface area contributed by atoms with Crippen LogP contribution in [0.1, 0.15) is 19.8 Å². The fraction of sp³-hybridized carbons (Fsp3) is 0.385. The third-order valence-electron chi connectivity index (χ3n) is 2.89. The van der Waals surface area contributed by atoms with E-state index in [9.17, 15) is 9.59 Å². The summed E-state index contributed by atoms with van der Waals surface area (Å²) in [4.78, 5) is 24.7. The molecule has 0 radical (unpaired) electrons. The highest BCUT2D eigenvalue weighted by Gasteiger charge is 2.28. The Kier molecular flexibility index (Phi) is 3.91. The number of thiol groups is 1. The van der Waals surface area contributed by atoms with Crippen molar-refractivity contribution in [3.8, 4) is 0 Å². The third kappa shape index (κ3) is 2.85. The molecular weight excluding hydrogens is 248 g/mol. The van der Waals surface area contributed by atoms with E-state index in [-0.39, 0.29) is 17.1 Å². The molecule has 1 atom stereocenters. The van der Waals surface area contributed by atoms with Crippen molar-refractivity contribution in [2.75, 3.05) is 16.8 Å². The average Bonchev–Trinajstić information content (AvgIpc) is 2.69. The number of amides is 2. The molecule has 5 heteroatoms. The van der Waals surface area contributed by atoms with Crippen LogP contribution in [-0.4, -0.2) is 23.6 Å². The highest BCUT2D eigenvalue weighted by atomic mass is 32.1. The lowest BCUT2D eigenvalue weighted by molar-refractivity contribution is -0.117. The normalized spacial score (nSPS) is 19.1. The Hall–Kier alpha value is -1.49. The van der Waals surface area contributed by atoms with Gasteiger partial charge in [0.25, 0.3) is 0 Å². The summed E-state index contributed by atoms with van der Waals surface area (Å²) >= 11 is 4.32. The van der Waals surface area contributed by atoms with E-state index < -0.39 is 0 Å². The Morgan fingerprint density at radius 2 is 2.11 bits per heavy atom. The van der Waals surface area contributed by atoms with Gasteiger partial charge in [0, 0.05) is 36.0 Å². The Labute approximate surface area is 112 Å². The summed E-state index contributed by atoms with van der Waals surface area (Å²) in [6.45, 7) is 2.45. The van der Waals surface area contributed by atoms with Crippen LogP contribution in [0.5, 0.6) is 0 Å². The van der Waals surface area contributed by atoms with Gasteiger partial charge in [-0.1, -0.05) is 6.92 Å². The molecule has 1 saturated heterocycles.